The molecule has 1 heterocycles. The number of carbonyl (C=O) groups excluding carboxylic acids is 2. The lowest BCUT2D eigenvalue weighted by molar-refractivity contribution is -0.383. The highest BCUT2D eigenvalue weighted by molar-refractivity contribution is 6.30. The number of carbonyl (C=O) groups is 2. The summed E-state index contributed by atoms with van der Waals surface area (Å²) in [6.45, 7) is 1.35. The normalized spacial score (nSPS) is 11.6. The molecule has 120 valence electrons. The SMILES string of the molecule is CC(OC(=O)c1cc(Cl)c[nH]1)C(=O)Nc1ccccc1[N+](=O)[O-]. The van der Waals surface area contributed by atoms with Crippen LogP contribution in [0.3, 0.4) is 0 Å². The predicted molar refractivity (Wildman–Crippen MR) is 82.4 cm³/mol. The van der Waals surface area contributed by atoms with Crippen molar-refractivity contribution in [2.24, 2.45) is 0 Å². The molecule has 9 heteroatoms. The van der Waals surface area contributed by atoms with E-state index >= 15 is 0 Å². The average Bonchev–Trinajstić information content (AvgIpc) is 2.94. The van der Waals surface area contributed by atoms with Gasteiger partial charge in [0.15, 0.2) is 6.10 Å². The molecule has 2 N–H and O–H groups in total. The molecule has 0 bridgehead atoms. The van der Waals surface area contributed by atoms with E-state index in [1.807, 2.05) is 0 Å². The molecule has 1 amide bonds. The van der Waals surface area contributed by atoms with E-state index in [9.17, 15) is 19.7 Å². The van der Waals surface area contributed by atoms with Crippen LogP contribution in [0.5, 0.6) is 0 Å². The van der Waals surface area contributed by atoms with Gasteiger partial charge in [-0.2, -0.15) is 0 Å². The van der Waals surface area contributed by atoms with Crippen LogP contribution in [0.15, 0.2) is 36.5 Å². The van der Waals surface area contributed by atoms with Crippen LogP contribution in [0.1, 0.15) is 17.4 Å². The number of esters is 1. The molecule has 0 aliphatic heterocycles. The predicted octanol–water partition coefficient (Wildman–Crippen LogP) is 2.76. The minimum Gasteiger partial charge on any atom is -0.448 e. The average molecular weight is 338 g/mol. The van der Waals surface area contributed by atoms with Gasteiger partial charge in [-0.3, -0.25) is 14.9 Å². The Morgan fingerprint density at radius 2 is 2.09 bits per heavy atom. The van der Waals surface area contributed by atoms with Gasteiger partial charge in [-0.15, -0.1) is 0 Å². The number of nitrogens with one attached hydrogen (secondary N) is 2. The number of halogens is 1. The van der Waals surface area contributed by atoms with E-state index in [4.69, 9.17) is 16.3 Å². The van der Waals surface area contributed by atoms with E-state index in [2.05, 4.69) is 10.3 Å². The quantitative estimate of drug-likeness (QED) is 0.494. The maximum atomic E-state index is 12.0. The van der Waals surface area contributed by atoms with Gasteiger partial charge in [0.05, 0.1) is 9.95 Å². The minimum atomic E-state index is -1.15. The number of aromatic amines is 1. The number of amides is 1. The Morgan fingerprint density at radius 3 is 2.70 bits per heavy atom. The number of anilines is 1. The minimum absolute atomic E-state index is 0.0216. The second-order valence-electron chi connectivity index (χ2n) is 4.54. The van der Waals surface area contributed by atoms with Crippen molar-refractivity contribution in [3.63, 3.8) is 0 Å². The van der Waals surface area contributed by atoms with Crippen molar-refractivity contribution in [1.29, 1.82) is 0 Å². The number of rotatable bonds is 5. The number of nitro groups is 1. The first kappa shape index (κ1) is 16.5. The monoisotopic (exact) mass is 337 g/mol. The number of hydrogen-bond donors (Lipinski definition) is 2. The molecule has 0 spiro atoms. The first-order chi connectivity index (χ1) is 10.9. The zero-order valence-electron chi connectivity index (χ0n) is 11.9. The summed E-state index contributed by atoms with van der Waals surface area (Å²) in [5.41, 5.74) is -0.135. The number of aromatic nitrogens is 1. The number of benzene rings is 1. The Kier molecular flexibility index (Phi) is 4.97. The molecule has 0 aliphatic rings. The van der Waals surface area contributed by atoms with E-state index in [0.717, 1.165) is 0 Å². The zero-order valence-corrected chi connectivity index (χ0v) is 12.7. The zero-order chi connectivity index (χ0) is 17.0. The van der Waals surface area contributed by atoms with Gasteiger partial charge in [0.25, 0.3) is 11.6 Å². The molecule has 0 fully saturated rings. The van der Waals surface area contributed by atoms with Gasteiger partial charge in [0, 0.05) is 12.3 Å². The van der Waals surface area contributed by atoms with Crippen molar-refractivity contribution < 1.29 is 19.2 Å². The lowest BCUT2D eigenvalue weighted by Gasteiger charge is -2.13. The molecule has 8 nitrogen and oxygen atoms in total. The summed E-state index contributed by atoms with van der Waals surface area (Å²) in [5.74, 6) is -1.45. The Morgan fingerprint density at radius 1 is 1.39 bits per heavy atom. The van der Waals surface area contributed by atoms with E-state index in [-0.39, 0.29) is 17.1 Å². The second kappa shape index (κ2) is 6.93. The molecule has 2 rings (SSSR count). The van der Waals surface area contributed by atoms with Gasteiger partial charge in [-0.05, 0) is 19.1 Å². The van der Waals surface area contributed by atoms with Crippen LogP contribution < -0.4 is 5.32 Å². The summed E-state index contributed by atoms with van der Waals surface area (Å²) in [6.07, 6.45) is 0.250. The number of para-hydroxylation sites is 2. The molecule has 2 aromatic rings. The molecule has 0 radical (unpaired) electrons. The molecule has 1 aromatic heterocycles. The highest BCUT2D eigenvalue weighted by Crippen LogP contribution is 2.23. The van der Waals surface area contributed by atoms with Crippen LogP contribution in [-0.4, -0.2) is 27.9 Å². The Labute approximate surface area is 135 Å². The maximum absolute atomic E-state index is 12.0. The second-order valence-corrected chi connectivity index (χ2v) is 4.98. The van der Waals surface area contributed by atoms with E-state index < -0.39 is 22.9 Å². The summed E-state index contributed by atoms with van der Waals surface area (Å²) >= 11 is 5.68. The summed E-state index contributed by atoms with van der Waals surface area (Å²) in [7, 11) is 0. The van der Waals surface area contributed by atoms with Crippen LogP contribution in [0.25, 0.3) is 0 Å². The molecule has 1 atom stereocenters. The number of nitro benzene ring substituents is 1. The van der Waals surface area contributed by atoms with E-state index in [1.54, 1.807) is 6.07 Å². The molecule has 23 heavy (non-hydrogen) atoms. The summed E-state index contributed by atoms with van der Waals surface area (Å²) in [5, 5.41) is 13.6. The van der Waals surface area contributed by atoms with Gasteiger partial charge in [-0.25, -0.2) is 4.79 Å². The van der Waals surface area contributed by atoms with Crippen LogP contribution in [-0.2, 0) is 9.53 Å². The van der Waals surface area contributed by atoms with Gasteiger partial charge >= 0.3 is 5.97 Å². The molecule has 1 unspecified atom stereocenters. The van der Waals surface area contributed by atoms with E-state index in [1.165, 1.54) is 37.4 Å². The van der Waals surface area contributed by atoms with E-state index in [0.29, 0.717) is 5.02 Å². The Bertz CT molecular complexity index is 758. The molecule has 0 saturated heterocycles. The van der Waals surface area contributed by atoms with Crippen LogP contribution in [0.2, 0.25) is 5.02 Å². The van der Waals surface area contributed by atoms with Crippen molar-refractivity contribution >= 4 is 34.9 Å². The first-order valence-corrected chi connectivity index (χ1v) is 6.85. The van der Waals surface area contributed by atoms with Crippen LogP contribution in [0.4, 0.5) is 11.4 Å². The van der Waals surface area contributed by atoms with Crippen molar-refractivity contribution in [1.82, 2.24) is 4.98 Å². The third-order valence-electron chi connectivity index (χ3n) is 2.88. The van der Waals surface area contributed by atoms with Crippen molar-refractivity contribution in [2.45, 2.75) is 13.0 Å². The van der Waals surface area contributed by atoms with Gasteiger partial charge in [0.2, 0.25) is 0 Å². The fourth-order valence-corrected chi connectivity index (χ4v) is 1.90. The highest BCUT2D eigenvalue weighted by Gasteiger charge is 2.22. The largest absolute Gasteiger partial charge is 0.448 e. The number of nitrogens with zero attached hydrogens (tertiary/aromatic N) is 1. The van der Waals surface area contributed by atoms with Gasteiger partial charge in [0.1, 0.15) is 11.4 Å². The lowest BCUT2D eigenvalue weighted by Crippen LogP contribution is -2.30. The molecule has 0 saturated carbocycles. The summed E-state index contributed by atoms with van der Waals surface area (Å²) in [6, 6.07) is 7.02. The van der Waals surface area contributed by atoms with Crippen molar-refractivity contribution in [2.75, 3.05) is 5.32 Å². The third-order valence-corrected chi connectivity index (χ3v) is 3.10. The Balaban J connectivity index is 2.03. The fraction of sp³-hybridized carbons (Fsp3) is 0.143. The molecule has 0 aliphatic carbocycles. The number of H-pyrrole nitrogens is 1. The topological polar surface area (TPSA) is 114 Å². The van der Waals surface area contributed by atoms with Gasteiger partial charge < -0.3 is 15.0 Å². The van der Waals surface area contributed by atoms with Crippen LogP contribution >= 0.6 is 11.6 Å². The smallest absolute Gasteiger partial charge is 0.355 e. The summed E-state index contributed by atoms with van der Waals surface area (Å²) in [4.78, 5) is 36.7. The van der Waals surface area contributed by atoms with Gasteiger partial charge in [-0.1, -0.05) is 23.7 Å². The number of hydrogen-bond acceptors (Lipinski definition) is 5. The molecular weight excluding hydrogens is 326 g/mol. The van der Waals surface area contributed by atoms with Crippen LogP contribution in [0, 0.1) is 10.1 Å². The van der Waals surface area contributed by atoms with Crippen molar-refractivity contribution in [3.8, 4) is 0 Å². The lowest BCUT2D eigenvalue weighted by atomic mass is 10.2. The maximum Gasteiger partial charge on any atom is 0.355 e. The highest BCUT2D eigenvalue weighted by atomic mass is 35.5. The Hall–Kier alpha value is -2.87. The fourth-order valence-electron chi connectivity index (χ4n) is 1.74. The van der Waals surface area contributed by atoms with Crippen molar-refractivity contribution in [3.05, 3.63) is 57.4 Å². The standard InChI is InChI=1S/C14H12ClN3O5/c1-8(23-14(20)11-6-9(15)7-16-11)13(19)17-10-4-2-3-5-12(10)18(21)22/h2-8,16H,1H3,(H,17,19). The first-order valence-electron chi connectivity index (χ1n) is 6.47. The summed E-state index contributed by atoms with van der Waals surface area (Å²) < 4.78 is 4.97. The number of ether oxygens (including phenoxy) is 1. The molecule has 1 aromatic carbocycles. The third kappa shape index (κ3) is 4.07. The molecular formula is C14H12ClN3O5.